The predicted octanol–water partition coefficient (Wildman–Crippen LogP) is 1.25. The third kappa shape index (κ3) is 2.96. The molecule has 20 heavy (non-hydrogen) atoms. The topological polar surface area (TPSA) is 63.1 Å². The summed E-state index contributed by atoms with van der Waals surface area (Å²) in [5.74, 6) is 0.0326. The van der Waals surface area contributed by atoms with E-state index in [1.165, 1.54) is 0 Å². The monoisotopic (exact) mass is 299 g/mol. The SMILES string of the molecule is CC1CCCN1C(=O)c1cn(C2CCNCC2)nn1.Cl. The van der Waals surface area contributed by atoms with Crippen molar-refractivity contribution in [2.24, 2.45) is 0 Å². The van der Waals surface area contributed by atoms with Crippen LogP contribution in [0, 0.1) is 0 Å². The van der Waals surface area contributed by atoms with Crippen LogP contribution in [0.3, 0.4) is 0 Å². The lowest BCUT2D eigenvalue weighted by Crippen LogP contribution is -2.33. The molecule has 2 fully saturated rings. The Morgan fingerprint density at radius 1 is 1.35 bits per heavy atom. The highest BCUT2D eigenvalue weighted by molar-refractivity contribution is 5.92. The molecule has 0 radical (unpaired) electrons. The Morgan fingerprint density at radius 2 is 2.10 bits per heavy atom. The van der Waals surface area contributed by atoms with E-state index < -0.39 is 0 Å². The van der Waals surface area contributed by atoms with Crippen LogP contribution in [0.25, 0.3) is 0 Å². The number of likely N-dealkylation sites (tertiary alicyclic amines) is 1. The van der Waals surface area contributed by atoms with Crippen LogP contribution in [0.2, 0.25) is 0 Å². The maximum absolute atomic E-state index is 12.4. The molecule has 2 aliphatic heterocycles. The van der Waals surface area contributed by atoms with Crippen molar-refractivity contribution >= 4 is 18.3 Å². The van der Waals surface area contributed by atoms with Gasteiger partial charge < -0.3 is 10.2 Å². The fourth-order valence-electron chi connectivity index (χ4n) is 3.01. The van der Waals surface area contributed by atoms with Gasteiger partial charge in [0.25, 0.3) is 5.91 Å². The van der Waals surface area contributed by atoms with Crippen LogP contribution in [-0.4, -0.2) is 51.5 Å². The maximum Gasteiger partial charge on any atom is 0.276 e. The Kier molecular flexibility index (Phi) is 4.99. The summed E-state index contributed by atoms with van der Waals surface area (Å²) in [6.07, 6.45) is 6.11. The molecular weight excluding hydrogens is 278 g/mol. The summed E-state index contributed by atoms with van der Waals surface area (Å²) in [4.78, 5) is 14.3. The van der Waals surface area contributed by atoms with Gasteiger partial charge in [-0.05, 0) is 45.7 Å². The average Bonchev–Trinajstić information content (AvgIpc) is 3.08. The van der Waals surface area contributed by atoms with Crippen molar-refractivity contribution in [3.05, 3.63) is 11.9 Å². The molecule has 0 saturated carbocycles. The molecule has 1 aromatic rings. The minimum atomic E-state index is 0. The van der Waals surface area contributed by atoms with Crippen LogP contribution in [0.15, 0.2) is 6.20 Å². The lowest BCUT2D eigenvalue weighted by Gasteiger charge is -2.22. The molecule has 112 valence electrons. The molecule has 0 bridgehead atoms. The molecule has 1 N–H and O–H groups in total. The Morgan fingerprint density at radius 3 is 2.75 bits per heavy atom. The fraction of sp³-hybridized carbons (Fsp3) is 0.769. The Labute approximate surface area is 125 Å². The highest BCUT2D eigenvalue weighted by atomic mass is 35.5. The zero-order chi connectivity index (χ0) is 13.2. The maximum atomic E-state index is 12.4. The second-order valence-corrected chi connectivity index (χ2v) is 5.55. The first kappa shape index (κ1) is 15.3. The number of aromatic nitrogens is 3. The van der Waals surface area contributed by atoms with Gasteiger partial charge in [-0.25, -0.2) is 4.68 Å². The van der Waals surface area contributed by atoms with Crippen LogP contribution in [0.1, 0.15) is 49.1 Å². The molecule has 7 heteroatoms. The number of nitrogens with zero attached hydrogens (tertiary/aromatic N) is 4. The van der Waals surface area contributed by atoms with E-state index in [-0.39, 0.29) is 18.3 Å². The molecule has 0 aromatic carbocycles. The Balaban J connectivity index is 0.00000147. The van der Waals surface area contributed by atoms with Gasteiger partial charge in [0.1, 0.15) is 0 Å². The summed E-state index contributed by atoms with van der Waals surface area (Å²) >= 11 is 0. The van der Waals surface area contributed by atoms with Gasteiger partial charge in [-0.1, -0.05) is 5.21 Å². The summed E-state index contributed by atoms with van der Waals surface area (Å²) in [6.45, 7) is 4.97. The molecule has 2 aliphatic rings. The van der Waals surface area contributed by atoms with Crippen molar-refractivity contribution in [3.8, 4) is 0 Å². The van der Waals surface area contributed by atoms with Crippen LogP contribution >= 0.6 is 12.4 Å². The smallest absolute Gasteiger partial charge is 0.276 e. The number of carbonyl (C=O) groups excluding carboxylic acids is 1. The normalized spacial score (nSPS) is 23.6. The van der Waals surface area contributed by atoms with Gasteiger partial charge >= 0.3 is 0 Å². The Hall–Kier alpha value is -1.14. The number of piperidine rings is 1. The summed E-state index contributed by atoms with van der Waals surface area (Å²) in [5.41, 5.74) is 0.493. The molecule has 0 aliphatic carbocycles. The minimum Gasteiger partial charge on any atom is -0.334 e. The first-order valence-electron chi connectivity index (χ1n) is 7.19. The molecule has 3 heterocycles. The van der Waals surface area contributed by atoms with E-state index in [2.05, 4.69) is 22.6 Å². The van der Waals surface area contributed by atoms with Crippen LogP contribution in [0.5, 0.6) is 0 Å². The van der Waals surface area contributed by atoms with Crippen LogP contribution < -0.4 is 5.32 Å². The van der Waals surface area contributed by atoms with E-state index in [0.29, 0.717) is 17.8 Å². The molecular formula is C13H22ClN5O. The fourth-order valence-corrected chi connectivity index (χ4v) is 3.01. The average molecular weight is 300 g/mol. The lowest BCUT2D eigenvalue weighted by molar-refractivity contribution is 0.0741. The molecule has 1 atom stereocenters. The highest BCUT2D eigenvalue weighted by Gasteiger charge is 2.28. The van der Waals surface area contributed by atoms with Crippen molar-refractivity contribution < 1.29 is 4.79 Å². The van der Waals surface area contributed by atoms with Gasteiger partial charge in [-0.15, -0.1) is 17.5 Å². The number of carbonyl (C=O) groups is 1. The number of halogens is 1. The van der Waals surface area contributed by atoms with Crippen LogP contribution in [0.4, 0.5) is 0 Å². The van der Waals surface area contributed by atoms with Crippen LogP contribution in [-0.2, 0) is 0 Å². The Bertz CT molecular complexity index is 457. The van der Waals surface area contributed by atoms with E-state index in [1.807, 2.05) is 15.8 Å². The molecule has 0 spiro atoms. The number of rotatable bonds is 2. The first-order valence-corrected chi connectivity index (χ1v) is 7.19. The largest absolute Gasteiger partial charge is 0.334 e. The lowest BCUT2D eigenvalue weighted by atomic mass is 10.1. The third-order valence-electron chi connectivity index (χ3n) is 4.23. The quantitative estimate of drug-likeness (QED) is 0.893. The second-order valence-electron chi connectivity index (χ2n) is 5.55. The van der Waals surface area contributed by atoms with Gasteiger partial charge in [-0.2, -0.15) is 0 Å². The highest BCUT2D eigenvalue weighted by Crippen LogP contribution is 2.20. The van der Waals surface area contributed by atoms with Gasteiger partial charge in [0, 0.05) is 12.6 Å². The number of nitrogens with one attached hydrogen (secondary N) is 1. The molecule has 1 aromatic heterocycles. The number of hydrogen-bond donors (Lipinski definition) is 1. The van der Waals surface area contributed by atoms with Gasteiger partial charge in [0.15, 0.2) is 5.69 Å². The molecule has 1 unspecified atom stereocenters. The van der Waals surface area contributed by atoms with Gasteiger partial charge in [0.05, 0.1) is 12.2 Å². The van der Waals surface area contributed by atoms with Crippen molar-refractivity contribution in [2.75, 3.05) is 19.6 Å². The van der Waals surface area contributed by atoms with Crippen molar-refractivity contribution in [1.82, 2.24) is 25.2 Å². The zero-order valence-corrected chi connectivity index (χ0v) is 12.6. The predicted molar refractivity (Wildman–Crippen MR) is 78.1 cm³/mol. The minimum absolute atomic E-state index is 0. The second kappa shape index (κ2) is 6.54. The molecule has 2 saturated heterocycles. The van der Waals surface area contributed by atoms with Crippen molar-refractivity contribution in [1.29, 1.82) is 0 Å². The summed E-state index contributed by atoms with van der Waals surface area (Å²) in [6, 6.07) is 0.711. The molecule has 6 nitrogen and oxygen atoms in total. The zero-order valence-electron chi connectivity index (χ0n) is 11.8. The summed E-state index contributed by atoms with van der Waals surface area (Å²) < 4.78 is 1.87. The molecule has 1 amide bonds. The van der Waals surface area contributed by atoms with Gasteiger partial charge in [0.2, 0.25) is 0 Å². The molecule has 3 rings (SSSR count). The third-order valence-corrected chi connectivity index (χ3v) is 4.23. The van der Waals surface area contributed by atoms with Crippen molar-refractivity contribution in [3.63, 3.8) is 0 Å². The van der Waals surface area contributed by atoms with Crippen molar-refractivity contribution in [2.45, 2.75) is 44.7 Å². The van der Waals surface area contributed by atoms with E-state index >= 15 is 0 Å². The van der Waals surface area contributed by atoms with E-state index in [9.17, 15) is 4.79 Å². The van der Waals surface area contributed by atoms with E-state index in [1.54, 1.807) is 0 Å². The number of amides is 1. The standard InChI is InChI=1S/C13H21N5O.ClH/c1-10-3-2-8-17(10)13(19)12-9-18(16-15-12)11-4-6-14-7-5-11;/h9-11,14H,2-8H2,1H3;1H. The van der Waals surface area contributed by atoms with Gasteiger partial charge in [-0.3, -0.25) is 4.79 Å². The first-order chi connectivity index (χ1) is 9.25. The summed E-state index contributed by atoms with van der Waals surface area (Å²) in [5, 5.41) is 11.5. The van der Waals surface area contributed by atoms with E-state index in [0.717, 1.165) is 45.3 Å². The summed E-state index contributed by atoms with van der Waals surface area (Å²) in [7, 11) is 0. The van der Waals surface area contributed by atoms with E-state index in [4.69, 9.17) is 0 Å². The number of hydrogen-bond acceptors (Lipinski definition) is 4.